The third-order valence-electron chi connectivity index (χ3n) is 4.33. The predicted molar refractivity (Wildman–Crippen MR) is 94.9 cm³/mol. The normalized spacial score (nSPS) is 16.9. The van der Waals surface area contributed by atoms with Crippen LogP contribution in [0.5, 0.6) is 0 Å². The van der Waals surface area contributed by atoms with E-state index in [1.165, 1.54) is 0 Å². The van der Waals surface area contributed by atoms with Crippen molar-refractivity contribution in [2.75, 3.05) is 13.7 Å². The molecule has 5 nitrogen and oxygen atoms in total. The van der Waals surface area contributed by atoms with Gasteiger partial charge in [0, 0.05) is 32.2 Å². The molecule has 0 aliphatic carbocycles. The molecule has 5 heteroatoms. The zero-order valence-electron chi connectivity index (χ0n) is 14.3. The molecule has 0 unspecified atom stereocenters. The summed E-state index contributed by atoms with van der Waals surface area (Å²) in [6, 6.07) is 17.1. The maximum absolute atomic E-state index is 12.6. The molecule has 1 N–H and O–H groups in total. The molecule has 1 heterocycles. The summed E-state index contributed by atoms with van der Waals surface area (Å²) in [5, 5.41) is 2.98. The van der Waals surface area contributed by atoms with Crippen molar-refractivity contribution >= 4 is 11.8 Å². The van der Waals surface area contributed by atoms with Crippen LogP contribution in [0.2, 0.25) is 0 Å². The summed E-state index contributed by atoms with van der Waals surface area (Å²) in [4.78, 5) is 26.6. The van der Waals surface area contributed by atoms with Crippen molar-refractivity contribution in [3.8, 4) is 0 Å². The summed E-state index contributed by atoms with van der Waals surface area (Å²) in [5.41, 5.74) is 2.53. The van der Waals surface area contributed by atoms with Gasteiger partial charge in [0.15, 0.2) is 0 Å². The van der Waals surface area contributed by atoms with Gasteiger partial charge in [-0.15, -0.1) is 0 Å². The Bertz CT molecular complexity index is 746. The van der Waals surface area contributed by atoms with E-state index in [4.69, 9.17) is 4.74 Å². The fraction of sp³-hybridized carbons (Fsp3) is 0.300. The molecule has 1 aliphatic rings. The number of methoxy groups -OCH3 is 1. The first-order chi connectivity index (χ1) is 12.2. The Morgan fingerprint density at radius 3 is 2.64 bits per heavy atom. The minimum absolute atomic E-state index is 0.0688. The van der Waals surface area contributed by atoms with Crippen LogP contribution >= 0.6 is 0 Å². The second-order valence-corrected chi connectivity index (χ2v) is 6.22. The second-order valence-electron chi connectivity index (χ2n) is 6.22. The Hall–Kier alpha value is -2.66. The molecule has 2 amide bonds. The molecular formula is C20H22N2O3. The first-order valence-electron chi connectivity index (χ1n) is 8.37. The van der Waals surface area contributed by atoms with Gasteiger partial charge in [-0.1, -0.05) is 48.5 Å². The molecule has 1 fully saturated rings. The monoisotopic (exact) mass is 338 g/mol. The number of carbonyl (C=O) groups excluding carboxylic acids is 2. The summed E-state index contributed by atoms with van der Waals surface area (Å²) in [5.74, 6) is -0.0914. The maximum Gasteiger partial charge on any atom is 0.251 e. The number of likely N-dealkylation sites (tertiary alicyclic amines) is 1. The van der Waals surface area contributed by atoms with E-state index in [2.05, 4.69) is 5.32 Å². The Morgan fingerprint density at radius 2 is 1.88 bits per heavy atom. The minimum Gasteiger partial charge on any atom is -0.380 e. The number of ether oxygens (including phenoxy) is 1. The molecular weight excluding hydrogens is 316 g/mol. The Kier molecular flexibility index (Phi) is 5.46. The van der Waals surface area contributed by atoms with Gasteiger partial charge in [0.1, 0.15) is 0 Å². The van der Waals surface area contributed by atoms with Gasteiger partial charge < -0.3 is 15.0 Å². The van der Waals surface area contributed by atoms with Crippen LogP contribution in [0, 0.1) is 0 Å². The lowest BCUT2D eigenvalue weighted by Crippen LogP contribution is -2.37. The summed E-state index contributed by atoms with van der Waals surface area (Å²) in [6.45, 7) is 1.49. The first kappa shape index (κ1) is 17.2. The number of hydrogen-bond donors (Lipinski definition) is 1. The smallest absolute Gasteiger partial charge is 0.251 e. The van der Waals surface area contributed by atoms with E-state index in [1.807, 2.05) is 48.5 Å². The van der Waals surface area contributed by atoms with E-state index in [0.29, 0.717) is 31.7 Å². The molecule has 130 valence electrons. The Labute approximate surface area is 147 Å². The molecule has 1 saturated heterocycles. The van der Waals surface area contributed by atoms with Gasteiger partial charge >= 0.3 is 0 Å². The number of amides is 2. The van der Waals surface area contributed by atoms with Crippen molar-refractivity contribution in [3.63, 3.8) is 0 Å². The van der Waals surface area contributed by atoms with Gasteiger partial charge in [0.2, 0.25) is 5.91 Å². The average Bonchev–Trinajstić information content (AvgIpc) is 2.95. The second kappa shape index (κ2) is 7.94. The molecule has 0 bridgehead atoms. The summed E-state index contributed by atoms with van der Waals surface area (Å²) < 4.78 is 5.15. The maximum atomic E-state index is 12.6. The topological polar surface area (TPSA) is 58.6 Å². The average molecular weight is 338 g/mol. The largest absolute Gasteiger partial charge is 0.380 e. The molecule has 1 atom stereocenters. The van der Waals surface area contributed by atoms with Gasteiger partial charge in [-0.2, -0.15) is 0 Å². The fourth-order valence-electron chi connectivity index (χ4n) is 3.11. The highest BCUT2D eigenvalue weighted by Gasteiger charge is 2.31. The lowest BCUT2D eigenvalue weighted by Gasteiger charge is -2.17. The first-order valence-corrected chi connectivity index (χ1v) is 8.37. The van der Waals surface area contributed by atoms with Gasteiger partial charge in [0.05, 0.1) is 12.6 Å². The highest BCUT2D eigenvalue weighted by Crippen LogP contribution is 2.16. The molecule has 25 heavy (non-hydrogen) atoms. The van der Waals surface area contributed by atoms with Crippen LogP contribution in [0.15, 0.2) is 54.6 Å². The highest BCUT2D eigenvalue weighted by atomic mass is 16.5. The molecule has 0 spiro atoms. The van der Waals surface area contributed by atoms with E-state index in [0.717, 1.165) is 11.1 Å². The SMILES string of the molecule is COCc1ccccc1C(=O)N[C@@H]1CC(=O)N(Cc2ccccc2)C1. The van der Waals surface area contributed by atoms with Crippen molar-refractivity contribution in [1.29, 1.82) is 0 Å². The Balaban J connectivity index is 1.62. The highest BCUT2D eigenvalue weighted by molar-refractivity contribution is 5.96. The van der Waals surface area contributed by atoms with Crippen LogP contribution in [0.3, 0.4) is 0 Å². The molecule has 0 radical (unpaired) electrons. The number of nitrogens with zero attached hydrogens (tertiary/aromatic N) is 1. The molecule has 0 aromatic heterocycles. The lowest BCUT2D eigenvalue weighted by molar-refractivity contribution is -0.128. The van der Waals surface area contributed by atoms with E-state index in [9.17, 15) is 9.59 Å². The van der Waals surface area contributed by atoms with Crippen molar-refractivity contribution in [1.82, 2.24) is 10.2 Å². The zero-order chi connectivity index (χ0) is 17.6. The van der Waals surface area contributed by atoms with Gasteiger partial charge in [-0.05, 0) is 17.2 Å². The number of nitrogens with one attached hydrogen (secondary N) is 1. The van der Waals surface area contributed by atoms with Crippen LogP contribution in [-0.2, 0) is 22.7 Å². The zero-order valence-corrected chi connectivity index (χ0v) is 14.3. The van der Waals surface area contributed by atoms with Crippen LogP contribution in [0.1, 0.15) is 27.9 Å². The number of carbonyl (C=O) groups is 2. The summed E-state index contributed by atoms with van der Waals surface area (Å²) in [6.07, 6.45) is 0.338. The van der Waals surface area contributed by atoms with Crippen LogP contribution in [-0.4, -0.2) is 36.4 Å². The fourth-order valence-corrected chi connectivity index (χ4v) is 3.11. The van der Waals surface area contributed by atoms with E-state index in [-0.39, 0.29) is 17.9 Å². The molecule has 2 aromatic rings. The molecule has 3 rings (SSSR count). The van der Waals surface area contributed by atoms with Crippen LogP contribution < -0.4 is 5.32 Å². The van der Waals surface area contributed by atoms with Crippen molar-refractivity contribution in [3.05, 3.63) is 71.3 Å². The Morgan fingerprint density at radius 1 is 1.16 bits per heavy atom. The lowest BCUT2D eigenvalue weighted by atomic mass is 10.1. The number of rotatable bonds is 6. The number of benzene rings is 2. The third kappa shape index (κ3) is 4.25. The van der Waals surface area contributed by atoms with Crippen molar-refractivity contribution < 1.29 is 14.3 Å². The van der Waals surface area contributed by atoms with Crippen LogP contribution in [0.4, 0.5) is 0 Å². The van der Waals surface area contributed by atoms with E-state index >= 15 is 0 Å². The van der Waals surface area contributed by atoms with E-state index in [1.54, 1.807) is 18.1 Å². The minimum atomic E-state index is -0.167. The van der Waals surface area contributed by atoms with Crippen molar-refractivity contribution in [2.45, 2.75) is 25.6 Å². The third-order valence-corrected chi connectivity index (χ3v) is 4.33. The van der Waals surface area contributed by atoms with Gasteiger partial charge in [-0.25, -0.2) is 0 Å². The van der Waals surface area contributed by atoms with E-state index < -0.39 is 0 Å². The van der Waals surface area contributed by atoms with Crippen molar-refractivity contribution in [2.24, 2.45) is 0 Å². The molecule has 2 aromatic carbocycles. The number of hydrogen-bond acceptors (Lipinski definition) is 3. The summed E-state index contributed by atoms with van der Waals surface area (Å²) in [7, 11) is 1.60. The quantitative estimate of drug-likeness (QED) is 0.880. The standard InChI is InChI=1S/C20H22N2O3/c1-25-14-16-9-5-6-10-18(16)20(24)21-17-11-19(23)22(13-17)12-15-7-3-2-4-8-15/h2-10,17H,11-14H2,1H3,(H,21,24)/t17-/m1/s1. The molecule has 0 saturated carbocycles. The van der Waals surface area contributed by atoms with Gasteiger partial charge in [0.25, 0.3) is 5.91 Å². The van der Waals surface area contributed by atoms with Gasteiger partial charge in [-0.3, -0.25) is 9.59 Å². The van der Waals surface area contributed by atoms with Crippen LogP contribution in [0.25, 0.3) is 0 Å². The predicted octanol–water partition coefficient (Wildman–Crippen LogP) is 2.36. The molecule has 1 aliphatic heterocycles. The summed E-state index contributed by atoms with van der Waals surface area (Å²) >= 11 is 0.